The molecular weight excluding hydrogens is 248 g/mol. The zero-order valence-corrected chi connectivity index (χ0v) is 10.6. The second-order valence-corrected chi connectivity index (χ2v) is 4.60. The van der Waals surface area contributed by atoms with Crippen LogP contribution in [0.1, 0.15) is 51.4 Å². The summed E-state index contributed by atoms with van der Waals surface area (Å²) in [7, 11) is 0. The van der Waals surface area contributed by atoms with Crippen molar-refractivity contribution in [3.63, 3.8) is 0 Å². The molecule has 0 aromatic rings. The van der Waals surface area contributed by atoms with Crippen molar-refractivity contribution < 1.29 is 4.79 Å². The lowest BCUT2D eigenvalue weighted by molar-refractivity contribution is -0.110. The van der Waals surface area contributed by atoms with Crippen molar-refractivity contribution in [2.75, 3.05) is 5.33 Å². The maximum absolute atomic E-state index is 10.5. The number of halogens is 1. The topological polar surface area (TPSA) is 17.1 Å². The van der Waals surface area contributed by atoms with Gasteiger partial charge in [-0.2, -0.15) is 0 Å². The first-order valence-corrected chi connectivity index (χ1v) is 6.62. The molecule has 0 fully saturated rings. The molecule has 0 atom stereocenters. The van der Waals surface area contributed by atoms with Gasteiger partial charge in [-0.1, -0.05) is 48.0 Å². The molecule has 0 aliphatic heterocycles. The molecule has 3 heteroatoms. The molecule has 0 bridgehead atoms. The molecule has 0 aliphatic carbocycles. The van der Waals surface area contributed by atoms with Crippen molar-refractivity contribution in [2.24, 2.45) is 0 Å². The predicted molar refractivity (Wildman–Crippen MR) is 64.7 cm³/mol. The van der Waals surface area contributed by atoms with E-state index in [0.717, 1.165) is 11.8 Å². The Morgan fingerprint density at radius 1 is 0.923 bits per heavy atom. The Morgan fingerprint density at radius 3 is 1.85 bits per heavy atom. The van der Waals surface area contributed by atoms with E-state index in [1.165, 1.54) is 38.5 Å². The van der Waals surface area contributed by atoms with E-state index in [1.807, 2.05) is 0 Å². The van der Waals surface area contributed by atoms with Crippen LogP contribution >= 0.6 is 28.6 Å². The molecule has 0 rings (SSSR count). The third-order valence-electron chi connectivity index (χ3n) is 2.02. The minimum atomic E-state index is 0.0271. The fourth-order valence-corrected chi connectivity index (χ4v) is 1.81. The van der Waals surface area contributed by atoms with Crippen LogP contribution in [0.4, 0.5) is 0 Å². The highest BCUT2D eigenvalue weighted by Crippen LogP contribution is 2.09. The monoisotopic (exact) mass is 266 g/mol. The van der Waals surface area contributed by atoms with E-state index in [0.29, 0.717) is 6.42 Å². The van der Waals surface area contributed by atoms with E-state index in [1.54, 1.807) is 0 Å². The minimum Gasteiger partial charge on any atom is -0.288 e. The number of hydrogen-bond donors (Lipinski definition) is 1. The lowest BCUT2D eigenvalue weighted by Gasteiger charge is -1.99. The van der Waals surface area contributed by atoms with E-state index in [4.69, 9.17) is 0 Å². The van der Waals surface area contributed by atoms with Gasteiger partial charge in [-0.15, -0.1) is 12.6 Å². The minimum absolute atomic E-state index is 0.0271. The predicted octanol–water partition coefficient (Wildman–Crippen LogP) is 3.96. The second-order valence-electron chi connectivity index (χ2n) is 3.31. The summed E-state index contributed by atoms with van der Waals surface area (Å²) < 4.78 is 0. The van der Waals surface area contributed by atoms with Crippen LogP contribution in [-0.4, -0.2) is 10.4 Å². The van der Waals surface area contributed by atoms with Gasteiger partial charge >= 0.3 is 0 Å². The lowest BCUT2D eigenvalue weighted by atomic mass is 10.1. The molecule has 0 saturated heterocycles. The first kappa shape index (κ1) is 13.5. The van der Waals surface area contributed by atoms with Crippen LogP contribution < -0.4 is 0 Å². The maximum atomic E-state index is 10.5. The molecule has 0 amide bonds. The molecule has 0 aromatic heterocycles. The molecule has 13 heavy (non-hydrogen) atoms. The highest BCUT2D eigenvalue weighted by Gasteiger charge is 1.94. The Kier molecular flexibility index (Phi) is 11.0. The summed E-state index contributed by atoms with van der Waals surface area (Å²) in [6.45, 7) is 0. The van der Waals surface area contributed by atoms with Gasteiger partial charge in [-0.25, -0.2) is 0 Å². The summed E-state index contributed by atoms with van der Waals surface area (Å²) in [6, 6.07) is 0. The average molecular weight is 267 g/mol. The lowest BCUT2D eigenvalue weighted by Crippen LogP contribution is -1.86. The van der Waals surface area contributed by atoms with Crippen molar-refractivity contribution >= 4 is 33.7 Å². The summed E-state index contributed by atoms with van der Waals surface area (Å²) >= 11 is 7.14. The standard InChI is InChI=1S/C10H19BrOS/c11-9-7-5-3-1-2-4-6-8-10(12)13/h1-9H2,(H,12,13). The molecular formula is C10H19BrOS. The zero-order chi connectivity index (χ0) is 9.94. The molecule has 0 aromatic carbocycles. The normalized spacial score (nSPS) is 10.3. The van der Waals surface area contributed by atoms with Crippen LogP contribution in [-0.2, 0) is 4.79 Å². The maximum Gasteiger partial charge on any atom is 0.185 e. The van der Waals surface area contributed by atoms with Crippen LogP contribution in [0.5, 0.6) is 0 Å². The van der Waals surface area contributed by atoms with Crippen LogP contribution in [0.2, 0.25) is 0 Å². The number of rotatable bonds is 9. The van der Waals surface area contributed by atoms with Gasteiger partial charge in [0.05, 0.1) is 0 Å². The fraction of sp³-hybridized carbons (Fsp3) is 0.900. The zero-order valence-electron chi connectivity index (χ0n) is 8.10. The third-order valence-corrected chi connectivity index (χ3v) is 2.81. The summed E-state index contributed by atoms with van der Waals surface area (Å²) in [5.74, 6) is 0. The Bertz CT molecular complexity index is 128. The summed E-state index contributed by atoms with van der Waals surface area (Å²) in [5, 5.41) is 1.15. The van der Waals surface area contributed by atoms with Crippen LogP contribution in [0, 0.1) is 0 Å². The van der Waals surface area contributed by atoms with Gasteiger partial charge in [0.25, 0.3) is 0 Å². The Balaban J connectivity index is 2.87. The number of alkyl halides is 1. The largest absolute Gasteiger partial charge is 0.288 e. The smallest absolute Gasteiger partial charge is 0.185 e. The van der Waals surface area contributed by atoms with Gasteiger partial charge in [-0.3, -0.25) is 4.79 Å². The molecule has 0 heterocycles. The molecule has 0 spiro atoms. The number of carbonyl (C=O) groups excluding carboxylic acids is 1. The van der Waals surface area contributed by atoms with Crippen molar-refractivity contribution in [3.05, 3.63) is 0 Å². The number of unbranched alkanes of at least 4 members (excludes halogenated alkanes) is 6. The number of carbonyl (C=O) groups is 1. The van der Waals surface area contributed by atoms with Crippen LogP contribution in [0.25, 0.3) is 0 Å². The molecule has 1 nitrogen and oxygen atoms in total. The first-order chi connectivity index (χ1) is 6.27. The van der Waals surface area contributed by atoms with E-state index < -0.39 is 0 Å². The molecule has 0 saturated carbocycles. The molecule has 0 unspecified atom stereocenters. The summed E-state index contributed by atoms with van der Waals surface area (Å²) in [4.78, 5) is 10.5. The van der Waals surface area contributed by atoms with Gasteiger partial charge in [0.1, 0.15) is 0 Å². The molecule has 0 aliphatic rings. The van der Waals surface area contributed by atoms with Gasteiger partial charge in [0.15, 0.2) is 5.12 Å². The van der Waals surface area contributed by atoms with Gasteiger partial charge < -0.3 is 0 Å². The van der Waals surface area contributed by atoms with E-state index >= 15 is 0 Å². The van der Waals surface area contributed by atoms with Crippen LogP contribution in [0.3, 0.4) is 0 Å². The summed E-state index contributed by atoms with van der Waals surface area (Å²) in [5.41, 5.74) is 0. The fourth-order valence-electron chi connectivity index (χ4n) is 1.25. The van der Waals surface area contributed by atoms with Gasteiger partial charge in [0, 0.05) is 11.8 Å². The Morgan fingerprint density at radius 2 is 1.38 bits per heavy atom. The summed E-state index contributed by atoms with van der Waals surface area (Å²) in [6.07, 6.45) is 9.37. The van der Waals surface area contributed by atoms with Crippen molar-refractivity contribution in [1.29, 1.82) is 0 Å². The average Bonchev–Trinajstić information content (AvgIpc) is 2.09. The SMILES string of the molecule is O=C(S)CCCCCCCCCBr. The molecule has 0 N–H and O–H groups in total. The molecule has 78 valence electrons. The molecule has 0 radical (unpaired) electrons. The van der Waals surface area contributed by atoms with E-state index in [9.17, 15) is 4.79 Å². The Labute approximate surface area is 95.2 Å². The quantitative estimate of drug-likeness (QED) is 0.380. The second kappa shape index (κ2) is 10.6. The van der Waals surface area contributed by atoms with Crippen molar-refractivity contribution in [3.8, 4) is 0 Å². The first-order valence-electron chi connectivity index (χ1n) is 5.05. The highest BCUT2D eigenvalue weighted by molar-refractivity contribution is 9.09. The van der Waals surface area contributed by atoms with E-state index in [-0.39, 0.29) is 5.12 Å². The van der Waals surface area contributed by atoms with Gasteiger partial charge in [-0.05, 0) is 12.8 Å². The number of thiol groups is 1. The van der Waals surface area contributed by atoms with Gasteiger partial charge in [0.2, 0.25) is 0 Å². The Hall–Kier alpha value is 0.500. The van der Waals surface area contributed by atoms with Crippen molar-refractivity contribution in [2.45, 2.75) is 51.4 Å². The number of hydrogen-bond acceptors (Lipinski definition) is 1. The van der Waals surface area contributed by atoms with E-state index in [2.05, 4.69) is 28.6 Å². The van der Waals surface area contributed by atoms with Crippen molar-refractivity contribution in [1.82, 2.24) is 0 Å². The highest BCUT2D eigenvalue weighted by atomic mass is 79.9. The van der Waals surface area contributed by atoms with Crippen LogP contribution in [0.15, 0.2) is 0 Å². The third kappa shape index (κ3) is 12.5.